The second kappa shape index (κ2) is 6.95. The normalized spacial score (nSPS) is 19.6. The van der Waals surface area contributed by atoms with Crippen molar-refractivity contribution in [3.63, 3.8) is 0 Å². The average molecular weight is 304 g/mol. The van der Waals surface area contributed by atoms with E-state index < -0.39 is 0 Å². The van der Waals surface area contributed by atoms with Crippen molar-refractivity contribution in [1.82, 2.24) is 15.0 Å². The van der Waals surface area contributed by atoms with Gasteiger partial charge in [0.1, 0.15) is 0 Å². The molecular weight excluding hydrogens is 284 g/mol. The zero-order chi connectivity index (χ0) is 14.5. The van der Waals surface area contributed by atoms with E-state index in [1.807, 2.05) is 42.1 Å². The highest BCUT2D eigenvalue weighted by Gasteiger charge is 2.25. The molecule has 1 unspecified atom stereocenters. The molecule has 1 saturated heterocycles. The molecule has 5 nitrogen and oxygen atoms in total. The fourth-order valence-electron chi connectivity index (χ4n) is 2.33. The zero-order valence-electron chi connectivity index (χ0n) is 12.2. The fourth-order valence-corrected chi connectivity index (χ4v) is 3.54. The molecule has 0 saturated carbocycles. The van der Waals surface area contributed by atoms with Gasteiger partial charge in [-0.05, 0) is 19.2 Å². The van der Waals surface area contributed by atoms with Crippen LogP contribution in [0.25, 0.3) is 0 Å². The SMILES string of the molecule is CN1CCSCC1c1noc(CCNc2ccccc2)n1. The van der Waals surface area contributed by atoms with Gasteiger partial charge in [-0.15, -0.1) is 0 Å². The predicted molar refractivity (Wildman–Crippen MR) is 85.6 cm³/mol. The van der Waals surface area contributed by atoms with Crippen LogP contribution in [0.15, 0.2) is 34.9 Å². The summed E-state index contributed by atoms with van der Waals surface area (Å²) in [5.41, 5.74) is 1.11. The van der Waals surface area contributed by atoms with Crippen molar-refractivity contribution < 1.29 is 4.52 Å². The summed E-state index contributed by atoms with van der Waals surface area (Å²) in [5, 5.41) is 7.50. The van der Waals surface area contributed by atoms with Crippen LogP contribution in [0.3, 0.4) is 0 Å². The molecule has 2 aromatic rings. The quantitative estimate of drug-likeness (QED) is 0.915. The molecule has 0 spiro atoms. The van der Waals surface area contributed by atoms with E-state index in [4.69, 9.17) is 4.52 Å². The number of nitrogens with one attached hydrogen (secondary N) is 1. The fraction of sp³-hybridized carbons (Fsp3) is 0.467. The Labute approximate surface area is 129 Å². The van der Waals surface area contributed by atoms with E-state index in [1.54, 1.807) is 0 Å². The van der Waals surface area contributed by atoms with Gasteiger partial charge in [0.25, 0.3) is 0 Å². The summed E-state index contributed by atoms with van der Waals surface area (Å²) >= 11 is 1.95. The van der Waals surface area contributed by atoms with Crippen LogP contribution in [0.1, 0.15) is 17.8 Å². The van der Waals surface area contributed by atoms with Crippen molar-refractivity contribution in [2.45, 2.75) is 12.5 Å². The number of anilines is 1. The number of hydrogen-bond donors (Lipinski definition) is 1. The summed E-state index contributed by atoms with van der Waals surface area (Å²) in [6.07, 6.45) is 0.742. The number of benzene rings is 1. The van der Waals surface area contributed by atoms with Gasteiger partial charge in [-0.1, -0.05) is 23.4 Å². The number of para-hydroxylation sites is 1. The third-order valence-electron chi connectivity index (χ3n) is 3.62. The molecule has 1 aromatic carbocycles. The molecule has 0 radical (unpaired) electrons. The molecule has 1 aromatic heterocycles. The van der Waals surface area contributed by atoms with Gasteiger partial charge in [-0.25, -0.2) is 0 Å². The summed E-state index contributed by atoms with van der Waals surface area (Å²) in [6.45, 7) is 1.87. The smallest absolute Gasteiger partial charge is 0.228 e. The number of thioether (sulfide) groups is 1. The first-order valence-corrected chi connectivity index (χ1v) is 8.38. The highest BCUT2D eigenvalue weighted by atomic mass is 32.2. The summed E-state index contributed by atoms with van der Waals surface area (Å²) in [7, 11) is 2.12. The molecule has 0 bridgehead atoms. The maximum Gasteiger partial charge on any atom is 0.228 e. The van der Waals surface area contributed by atoms with Crippen molar-refractivity contribution in [1.29, 1.82) is 0 Å². The van der Waals surface area contributed by atoms with E-state index in [0.717, 1.165) is 36.8 Å². The van der Waals surface area contributed by atoms with Crippen molar-refractivity contribution in [3.05, 3.63) is 42.0 Å². The number of hydrogen-bond acceptors (Lipinski definition) is 6. The van der Waals surface area contributed by atoms with Gasteiger partial charge >= 0.3 is 0 Å². The van der Waals surface area contributed by atoms with Crippen LogP contribution in [0, 0.1) is 0 Å². The molecule has 1 aliphatic rings. The average Bonchev–Trinajstić information content (AvgIpc) is 2.97. The van der Waals surface area contributed by atoms with Gasteiger partial charge in [0.05, 0.1) is 6.04 Å². The van der Waals surface area contributed by atoms with Crippen LogP contribution >= 0.6 is 11.8 Å². The third kappa shape index (κ3) is 3.77. The van der Waals surface area contributed by atoms with Crippen LogP contribution in [-0.4, -0.2) is 46.7 Å². The maximum absolute atomic E-state index is 5.37. The van der Waals surface area contributed by atoms with E-state index in [2.05, 4.69) is 27.4 Å². The Morgan fingerprint density at radius 2 is 2.24 bits per heavy atom. The first-order chi connectivity index (χ1) is 10.3. The summed E-state index contributed by atoms with van der Waals surface area (Å²) in [6, 6.07) is 10.4. The molecule has 3 rings (SSSR count). The van der Waals surface area contributed by atoms with E-state index in [9.17, 15) is 0 Å². The van der Waals surface area contributed by atoms with E-state index in [0.29, 0.717) is 5.89 Å². The number of rotatable bonds is 5. The van der Waals surface area contributed by atoms with Gasteiger partial charge in [0, 0.05) is 36.7 Å². The van der Waals surface area contributed by atoms with Crippen LogP contribution < -0.4 is 5.32 Å². The minimum atomic E-state index is 0.281. The summed E-state index contributed by atoms with van der Waals surface area (Å²) in [5.74, 6) is 3.74. The second-order valence-corrected chi connectivity index (χ2v) is 6.31. The second-order valence-electron chi connectivity index (χ2n) is 5.16. The molecule has 21 heavy (non-hydrogen) atoms. The molecule has 112 valence electrons. The monoisotopic (exact) mass is 304 g/mol. The topological polar surface area (TPSA) is 54.2 Å². The lowest BCUT2D eigenvalue weighted by molar-refractivity contribution is 0.256. The molecule has 1 N–H and O–H groups in total. The highest BCUT2D eigenvalue weighted by molar-refractivity contribution is 7.99. The molecular formula is C15H20N4OS. The third-order valence-corrected chi connectivity index (χ3v) is 4.64. The Balaban J connectivity index is 1.53. The van der Waals surface area contributed by atoms with Crippen molar-refractivity contribution in [3.8, 4) is 0 Å². The van der Waals surface area contributed by atoms with E-state index >= 15 is 0 Å². The van der Waals surface area contributed by atoms with E-state index in [1.165, 1.54) is 5.75 Å². The van der Waals surface area contributed by atoms with Crippen LogP contribution in [0.4, 0.5) is 5.69 Å². The zero-order valence-corrected chi connectivity index (χ0v) is 13.0. The first kappa shape index (κ1) is 14.4. The van der Waals surface area contributed by atoms with Crippen molar-refractivity contribution >= 4 is 17.4 Å². The minimum Gasteiger partial charge on any atom is -0.385 e. The Bertz CT molecular complexity index is 560. The Kier molecular flexibility index (Phi) is 4.77. The van der Waals surface area contributed by atoms with Gasteiger partial charge < -0.3 is 9.84 Å². The Morgan fingerprint density at radius 3 is 3.05 bits per heavy atom. The molecule has 1 aliphatic heterocycles. The lowest BCUT2D eigenvalue weighted by Gasteiger charge is -2.29. The standard InChI is InChI=1S/C15H20N4OS/c1-19-9-10-21-11-13(19)15-17-14(20-18-15)7-8-16-12-5-3-2-4-6-12/h2-6,13,16H,7-11H2,1H3. The molecule has 1 fully saturated rings. The predicted octanol–water partition coefficient (Wildman–Crippen LogP) is 2.44. The lowest BCUT2D eigenvalue weighted by atomic mass is 10.2. The Hall–Kier alpha value is -1.53. The number of aromatic nitrogens is 2. The van der Waals surface area contributed by atoms with Gasteiger partial charge in [0.15, 0.2) is 5.82 Å². The Morgan fingerprint density at radius 1 is 1.38 bits per heavy atom. The highest BCUT2D eigenvalue weighted by Crippen LogP contribution is 2.26. The van der Waals surface area contributed by atoms with Gasteiger partial charge in [-0.2, -0.15) is 16.7 Å². The lowest BCUT2D eigenvalue weighted by Crippen LogP contribution is -2.33. The molecule has 1 atom stereocenters. The van der Waals surface area contributed by atoms with Crippen LogP contribution in [0.2, 0.25) is 0 Å². The first-order valence-electron chi connectivity index (χ1n) is 7.22. The molecule has 0 amide bonds. The summed E-state index contributed by atoms with van der Waals surface area (Å²) in [4.78, 5) is 6.84. The summed E-state index contributed by atoms with van der Waals surface area (Å²) < 4.78 is 5.37. The van der Waals surface area contributed by atoms with Crippen molar-refractivity contribution in [2.75, 3.05) is 37.0 Å². The largest absolute Gasteiger partial charge is 0.385 e. The number of nitrogens with zero attached hydrogens (tertiary/aromatic N) is 3. The minimum absolute atomic E-state index is 0.281. The van der Waals surface area contributed by atoms with Gasteiger partial charge in [-0.3, -0.25) is 4.90 Å². The molecule has 2 heterocycles. The maximum atomic E-state index is 5.37. The van der Waals surface area contributed by atoms with Gasteiger partial charge in [0.2, 0.25) is 5.89 Å². The van der Waals surface area contributed by atoms with Crippen molar-refractivity contribution in [2.24, 2.45) is 0 Å². The van der Waals surface area contributed by atoms with Crippen LogP contribution in [0.5, 0.6) is 0 Å². The molecule has 6 heteroatoms. The van der Waals surface area contributed by atoms with Crippen LogP contribution in [-0.2, 0) is 6.42 Å². The molecule has 0 aliphatic carbocycles. The van der Waals surface area contributed by atoms with E-state index in [-0.39, 0.29) is 6.04 Å².